The Morgan fingerprint density at radius 2 is 2.14 bits per heavy atom. The van der Waals surface area contributed by atoms with E-state index in [1.807, 2.05) is 11.8 Å². The summed E-state index contributed by atoms with van der Waals surface area (Å²) in [6.45, 7) is 5.86. The lowest BCUT2D eigenvalue weighted by molar-refractivity contribution is -0.133. The topological polar surface area (TPSA) is 46.3 Å². The molecule has 0 heterocycles. The summed E-state index contributed by atoms with van der Waals surface area (Å²) in [5, 5.41) is 0. The van der Waals surface area contributed by atoms with E-state index in [-0.39, 0.29) is 11.9 Å². The van der Waals surface area contributed by atoms with Gasteiger partial charge in [0.05, 0.1) is 6.04 Å². The van der Waals surface area contributed by atoms with Gasteiger partial charge in [0.25, 0.3) is 0 Å². The van der Waals surface area contributed by atoms with Crippen LogP contribution in [0.1, 0.15) is 39.5 Å². The third-order valence-corrected chi connectivity index (χ3v) is 2.74. The molecule has 2 N–H and O–H groups in total. The Morgan fingerprint density at radius 3 is 2.57 bits per heavy atom. The molecule has 0 aromatic heterocycles. The van der Waals surface area contributed by atoms with E-state index in [1.165, 1.54) is 12.8 Å². The fourth-order valence-electron chi connectivity index (χ4n) is 1.58. The highest BCUT2D eigenvalue weighted by Crippen LogP contribution is 2.29. The van der Waals surface area contributed by atoms with Crippen LogP contribution in [0.5, 0.6) is 0 Å². The zero-order valence-corrected chi connectivity index (χ0v) is 9.33. The molecule has 3 heteroatoms. The molecule has 0 unspecified atom stereocenters. The molecule has 1 amide bonds. The molecular weight excluding hydrogens is 176 g/mol. The van der Waals surface area contributed by atoms with Crippen LogP contribution in [-0.2, 0) is 4.79 Å². The summed E-state index contributed by atoms with van der Waals surface area (Å²) in [6.07, 6.45) is 4.34. The third kappa shape index (κ3) is 3.29. The second kappa shape index (κ2) is 5.35. The van der Waals surface area contributed by atoms with E-state index in [2.05, 4.69) is 6.92 Å². The van der Waals surface area contributed by atoms with Gasteiger partial charge in [-0.3, -0.25) is 4.79 Å². The Hall–Kier alpha value is -0.570. The maximum Gasteiger partial charge on any atom is 0.239 e. The molecule has 0 aliphatic heterocycles. The second-order valence-electron chi connectivity index (χ2n) is 4.24. The molecule has 1 fully saturated rings. The van der Waals surface area contributed by atoms with Gasteiger partial charge in [-0.2, -0.15) is 0 Å². The SMILES string of the molecule is CCCN(CC1CC1)C(=O)[C@H](N)CC. The fourth-order valence-corrected chi connectivity index (χ4v) is 1.58. The van der Waals surface area contributed by atoms with Crippen LogP contribution in [0.15, 0.2) is 0 Å². The van der Waals surface area contributed by atoms with Gasteiger partial charge in [0.15, 0.2) is 0 Å². The minimum Gasteiger partial charge on any atom is -0.341 e. The van der Waals surface area contributed by atoms with Crippen molar-refractivity contribution in [2.45, 2.75) is 45.6 Å². The second-order valence-corrected chi connectivity index (χ2v) is 4.24. The lowest BCUT2D eigenvalue weighted by Gasteiger charge is -2.24. The monoisotopic (exact) mass is 198 g/mol. The quantitative estimate of drug-likeness (QED) is 0.700. The average molecular weight is 198 g/mol. The lowest BCUT2D eigenvalue weighted by atomic mass is 10.2. The summed E-state index contributed by atoms with van der Waals surface area (Å²) in [4.78, 5) is 13.8. The van der Waals surface area contributed by atoms with Crippen LogP contribution in [0.4, 0.5) is 0 Å². The lowest BCUT2D eigenvalue weighted by Crippen LogP contribution is -2.44. The number of rotatable bonds is 6. The molecule has 0 spiro atoms. The van der Waals surface area contributed by atoms with E-state index in [0.29, 0.717) is 0 Å². The number of hydrogen-bond donors (Lipinski definition) is 1. The van der Waals surface area contributed by atoms with E-state index < -0.39 is 0 Å². The predicted octanol–water partition coefficient (Wildman–Crippen LogP) is 1.37. The third-order valence-electron chi connectivity index (χ3n) is 2.74. The number of nitrogens with zero attached hydrogens (tertiary/aromatic N) is 1. The molecule has 0 radical (unpaired) electrons. The number of hydrogen-bond acceptors (Lipinski definition) is 2. The van der Waals surface area contributed by atoms with Gasteiger partial charge < -0.3 is 10.6 Å². The number of amides is 1. The van der Waals surface area contributed by atoms with Crippen molar-refractivity contribution >= 4 is 5.91 Å². The Labute approximate surface area is 86.6 Å². The summed E-state index contributed by atoms with van der Waals surface area (Å²) in [6, 6.07) is -0.291. The van der Waals surface area contributed by atoms with Gasteiger partial charge >= 0.3 is 0 Å². The van der Waals surface area contributed by atoms with Crippen molar-refractivity contribution in [2.24, 2.45) is 11.7 Å². The van der Waals surface area contributed by atoms with Gasteiger partial charge in [-0.15, -0.1) is 0 Å². The van der Waals surface area contributed by atoms with Crippen molar-refractivity contribution in [1.29, 1.82) is 0 Å². The molecule has 14 heavy (non-hydrogen) atoms. The van der Waals surface area contributed by atoms with Crippen molar-refractivity contribution in [1.82, 2.24) is 4.90 Å². The smallest absolute Gasteiger partial charge is 0.239 e. The molecule has 1 rings (SSSR count). The first kappa shape index (κ1) is 11.5. The molecule has 1 aliphatic carbocycles. The van der Waals surface area contributed by atoms with Gasteiger partial charge in [-0.1, -0.05) is 13.8 Å². The minimum absolute atomic E-state index is 0.140. The van der Waals surface area contributed by atoms with Crippen molar-refractivity contribution in [3.05, 3.63) is 0 Å². The number of nitrogens with two attached hydrogens (primary N) is 1. The van der Waals surface area contributed by atoms with Crippen LogP contribution in [-0.4, -0.2) is 29.9 Å². The van der Waals surface area contributed by atoms with E-state index in [4.69, 9.17) is 5.73 Å². The maximum absolute atomic E-state index is 11.8. The van der Waals surface area contributed by atoms with Gasteiger partial charge in [-0.05, 0) is 31.6 Å². The average Bonchev–Trinajstić information content (AvgIpc) is 2.98. The molecule has 0 saturated heterocycles. The van der Waals surface area contributed by atoms with Crippen LogP contribution in [0.2, 0.25) is 0 Å². The zero-order valence-electron chi connectivity index (χ0n) is 9.33. The van der Waals surface area contributed by atoms with Crippen molar-refractivity contribution < 1.29 is 4.79 Å². The van der Waals surface area contributed by atoms with Crippen LogP contribution in [0.25, 0.3) is 0 Å². The minimum atomic E-state index is -0.291. The van der Waals surface area contributed by atoms with Gasteiger partial charge in [0.1, 0.15) is 0 Å². The largest absolute Gasteiger partial charge is 0.341 e. The summed E-state index contributed by atoms with van der Waals surface area (Å²) < 4.78 is 0. The van der Waals surface area contributed by atoms with Crippen LogP contribution >= 0.6 is 0 Å². The summed E-state index contributed by atoms with van der Waals surface area (Å²) in [5.41, 5.74) is 5.75. The maximum atomic E-state index is 11.8. The fraction of sp³-hybridized carbons (Fsp3) is 0.909. The van der Waals surface area contributed by atoms with Gasteiger partial charge in [0.2, 0.25) is 5.91 Å². The van der Waals surface area contributed by atoms with E-state index >= 15 is 0 Å². The van der Waals surface area contributed by atoms with Crippen molar-refractivity contribution in [3.8, 4) is 0 Å². The molecule has 82 valence electrons. The summed E-state index contributed by atoms with van der Waals surface area (Å²) >= 11 is 0. The first-order valence-electron chi connectivity index (χ1n) is 5.73. The number of carbonyl (C=O) groups excluding carboxylic acids is 1. The van der Waals surface area contributed by atoms with Crippen LogP contribution in [0, 0.1) is 5.92 Å². The first-order chi connectivity index (χ1) is 6.69. The standard InChI is InChI=1S/C11H22N2O/c1-3-7-13(8-9-5-6-9)11(14)10(12)4-2/h9-10H,3-8,12H2,1-2H3/t10-/m1/s1. The van der Waals surface area contributed by atoms with E-state index in [1.54, 1.807) is 0 Å². The molecule has 0 aromatic carbocycles. The highest BCUT2D eigenvalue weighted by atomic mass is 16.2. The molecule has 3 nitrogen and oxygen atoms in total. The normalized spacial score (nSPS) is 17.9. The summed E-state index contributed by atoms with van der Waals surface area (Å²) in [7, 11) is 0. The molecule has 1 saturated carbocycles. The van der Waals surface area contributed by atoms with Gasteiger partial charge in [-0.25, -0.2) is 0 Å². The Bertz CT molecular complexity index is 190. The highest BCUT2D eigenvalue weighted by molar-refractivity contribution is 5.81. The Balaban J connectivity index is 2.42. The first-order valence-corrected chi connectivity index (χ1v) is 5.73. The van der Waals surface area contributed by atoms with Crippen LogP contribution in [0.3, 0.4) is 0 Å². The summed E-state index contributed by atoms with van der Waals surface area (Å²) in [5.74, 6) is 0.899. The molecule has 0 aromatic rings. The Kier molecular flexibility index (Phi) is 4.39. The zero-order chi connectivity index (χ0) is 10.6. The van der Waals surface area contributed by atoms with Crippen LogP contribution < -0.4 is 5.73 Å². The van der Waals surface area contributed by atoms with E-state index in [9.17, 15) is 4.79 Å². The Morgan fingerprint density at radius 1 is 1.50 bits per heavy atom. The van der Waals surface area contributed by atoms with Gasteiger partial charge in [0, 0.05) is 13.1 Å². The van der Waals surface area contributed by atoms with Crippen molar-refractivity contribution in [3.63, 3.8) is 0 Å². The van der Waals surface area contributed by atoms with Crippen molar-refractivity contribution in [2.75, 3.05) is 13.1 Å². The molecule has 1 atom stereocenters. The number of carbonyl (C=O) groups is 1. The molecular formula is C11H22N2O. The molecule has 1 aliphatic rings. The predicted molar refractivity (Wildman–Crippen MR) is 57.9 cm³/mol. The van der Waals surface area contributed by atoms with E-state index in [0.717, 1.165) is 31.8 Å². The highest BCUT2D eigenvalue weighted by Gasteiger charge is 2.27. The molecule has 0 bridgehead atoms.